The monoisotopic (exact) mass is 249 g/mol. The normalized spacial score (nSPS) is 15.9. The number of carbonyl (C=O) groups is 1. The lowest BCUT2D eigenvalue weighted by atomic mass is 10.2. The number of hydrogen-bond acceptors (Lipinski definition) is 3. The SMILES string of the molecule is CC(C)N1CCN(c2cccc(CON)c2)C1=O. The maximum Gasteiger partial charge on any atom is 0.324 e. The molecule has 1 saturated heterocycles. The van der Waals surface area contributed by atoms with Gasteiger partial charge in [-0.1, -0.05) is 12.1 Å². The molecule has 0 bridgehead atoms. The molecule has 0 unspecified atom stereocenters. The van der Waals surface area contributed by atoms with E-state index < -0.39 is 0 Å². The molecule has 1 aromatic carbocycles. The van der Waals surface area contributed by atoms with Crippen molar-refractivity contribution in [1.82, 2.24) is 4.90 Å². The molecule has 2 rings (SSSR count). The van der Waals surface area contributed by atoms with Gasteiger partial charge in [0, 0.05) is 24.8 Å². The molecule has 1 heterocycles. The summed E-state index contributed by atoms with van der Waals surface area (Å²) in [4.78, 5) is 20.5. The summed E-state index contributed by atoms with van der Waals surface area (Å²) in [6.07, 6.45) is 0. The van der Waals surface area contributed by atoms with Crippen LogP contribution in [0.1, 0.15) is 19.4 Å². The van der Waals surface area contributed by atoms with E-state index in [0.717, 1.165) is 24.3 Å². The Labute approximate surface area is 107 Å². The first-order chi connectivity index (χ1) is 8.63. The summed E-state index contributed by atoms with van der Waals surface area (Å²) in [6.45, 7) is 5.90. The lowest BCUT2D eigenvalue weighted by Crippen LogP contribution is -2.36. The van der Waals surface area contributed by atoms with E-state index in [9.17, 15) is 4.79 Å². The van der Waals surface area contributed by atoms with Crippen molar-refractivity contribution >= 4 is 11.7 Å². The fourth-order valence-corrected chi connectivity index (χ4v) is 2.18. The second-order valence-electron chi connectivity index (χ2n) is 4.70. The second-order valence-corrected chi connectivity index (χ2v) is 4.70. The molecule has 1 aliphatic heterocycles. The predicted octanol–water partition coefficient (Wildman–Crippen LogP) is 1.73. The average molecular weight is 249 g/mol. The second kappa shape index (κ2) is 5.37. The minimum Gasteiger partial charge on any atom is -0.320 e. The molecule has 0 aliphatic carbocycles. The Balaban J connectivity index is 2.17. The van der Waals surface area contributed by atoms with Crippen LogP contribution in [0.25, 0.3) is 0 Å². The first kappa shape index (κ1) is 12.9. The van der Waals surface area contributed by atoms with Gasteiger partial charge in [0.2, 0.25) is 0 Å². The van der Waals surface area contributed by atoms with Crippen molar-refractivity contribution in [3.8, 4) is 0 Å². The Kier molecular flexibility index (Phi) is 3.84. The first-order valence-corrected chi connectivity index (χ1v) is 6.12. The van der Waals surface area contributed by atoms with Crippen LogP contribution in [-0.4, -0.2) is 30.1 Å². The summed E-state index contributed by atoms with van der Waals surface area (Å²) in [5.74, 6) is 5.06. The van der Waals surface area contributed by atoms with Crippen molar-refractivity contribution in [1.29, 1.82) is 0 Å². The van der Waals surface area contributed by atoms with Crippen molar-refractivity contribution in [3.63, 3.8) is 0 Å². The highest BCUT2D eigenvalue weighted by Gasteiger charge is 2.30. The summed E-state index contributed by atoms with van der Waals surface area (Å²) in [5.41, 5.74) is 1.86. The lowest BCUT2D eigenvalue weighted by molar-refractivity contribution is 0.124. The topological polar surface area (TPSA) is 58.8 Å². The first-order valence-electron chi connectivity index (χ1n) is 6.12. The van der Waals surface area contributed by atoms with Gasteiger partial charge in [0.05, 0.1) is 6.61 Å². The number of nitrogens with zero attached hydrogens (tertiary/aromatic N) is 2. The molecular weight excluding hydrogens is 230 g/mol. The molecule has 0 saturated carbocycles. The number of amides is 2. The van der Waals surface area contributed by atoms with Crippen molar-refractivity contribution in [2.24, 2.45) is 5.90 Å². The third kappa shape index (κ3) is 2.47. The number of anilines is 1. The number of hydrogen-bond donors (Lipinski definition) is 1. The molecule has 2 N–H and O–H groups in total. The predicted molar refractivity (Wildman–Crippen MR) is 70.0 cm³/mol. The number of rotatable bonds is 4. The Morgan fingerprint density at radius 1 is 1.39 bits per heavy atom. The van der Waals surface area contributed by atoms with E-state index in [4.69, 9.17) is 5.90 Å². The van der Waals surface area contributed by atoms with E-state index in [-0.39, 0.29) is 12.1 Å². The maximum absolute atomic E-state index is 12.2. The number of benzene rings is 1. The number of carbonyl (C=O) groups excluding carboxylic acids is 1. The zero-order valence-corrected chi connectivity index (χ0v) is 10.8. The van der Waals surface area contributed by atoms with E-state index >= 15 is 0 Å². The van der Waals surface area contributed by atoms with Gasteiger partial charge in [-0.3, -0.25) is 9.74 Å². The molecule has 0 radical (unpaired) electrons. The van der Waals surface area contributed by atoms with Crippen LogP contribution in [0.15, 0.2) is 24.3 Å². The molecule has 1 aromatic rings. The molecule has 2 amide bonds. The molecule has 5 nitrogen and oxygen atoms in total. The zero-order valence-electron chi connectivity index (χ0n) is 10.8. The van der Waals surface area contributed by atoms with Crippen LogP contribution in [0, 0.1) is 0 Å². The maximum atomic E-state index is 12.2. The zero-order chi connectivity index (χ0) is 13.1. The standard InChI is InChI=1S/C13H19N3O2/c1-10(2)15-6-7-16(13(15)17)12-5-3-4-11(8-12)9-18-14/h3-5,8,10H,6-7,9,14H2,1-2H3. The van der Waals surface area contributed by atoms with Crippen LogP contribution >= 0.6 is 0 Å². The van der Waals surface area contributed by atoms with Gasteiger partial charge >= 0.3 is 6.03 Å². The molecule has 0 aromatic heterocycles. The van der Waals surface area contributed by atoms with Crippen LogP contribution in [0.4, 0.5) is 10.5 Å². The molecule has 5 heteroatoms. The van der Waals surface area contributed by atoms with Crippen molar-refractivity contribution in [2.75, 3.05) is 18.0 Å². The number of urea groups is 1. The van der Waals surface area contributed by atoms with Gasteiger partial charge in [-0.2, -0.15) is 0 Å². The van der Waals surface area contributed by atoms with Gasteiger partial charge < -0.3 is 4.90 Å². The highest BCUT2D eigenvalue weighted by atomic mass is 16.6. The van der Waals surface area contributed by atoms with Crippen LogP contribution in [-0.2, 0) is 11.4 Å². The summed E-state index contributed by atoms with van der Waals surface area (Å²) >= 11 is 0. The summed E-state index contributed by atoms with van der Waals surface area (Å²) in [5, 5.41) is 0. The van der Waals surface area contributed by atoms with Gasteiger partial charge in [0.25, 0.3) is 0 Å². The third-order valence-electron chi connectivity index (χ3n) is 3.14. The fourth-order valence-electron chi connectivity index (χ4n) is 2.18. The number of nitrogens with two attached hydrogens (primary N) is 1. The van der Waals surface area contributed by atoms with E-state index in [1.807, 2.05) is 43.0 Å². The summed E-state index contributed by atoms with van der Waals surface area (Å²) < 4.78 is 0. The third-order valence-corrected chi connectivity index (χ3v) is 3.14. The largest absolute Gasteiger partial charge is 0.324 e. The lowest BCUT2D eigenvalue weighted by Gasteiger charge is -2.22. The van der Waals surface area contributed by atoms with E-state index in [1.54, 1.807) is 4.90 Å². The van der Waals surface area contributed by atoms with Crippen LogP contribution in [0.5, 0.6) is 0 Å². The average Bonchev–Trinajstić information content (AvgIpc) is 2.72. The highest BCUT2D eigenvalue weighted by Crippen LogP contribution is 2.22. The summed E-state index contributed by atoms with van der Waals surface area (Å²) in [7, 11) is 0. The Morgan fingerprint density at radius 2 is 2.17 bits per heavy atom. The van der Waals surface area contributed by atoms with Crippen molar-refractivity contribution < 1.29 is 9.63 Å². The van der Waals surface area contributed by atoms with Crippen LogP contribution < -0.4 is 10.8 Å². The fraction of sp³-hybridized carbons (Fsp3) is 0.462. The molecule has 1 fully saturated rings. The minimum atomic E-state index is 0.0656. The van der Waals surface area contributed by atoms with E-state index in [2.05, 4.69) is 4.84 Å². The molecule has 1 aliphatic rings. The Hall–Kier alpha value is -1.59. The quantitative estimate of drug-likeness (QED) is 0.827. The van der Waals surface area contributed by atoms with E-state index in [0.29, 0.717) is 6.61 Å². The molecule has 0 atom stereocenters. The van der Waals surface area contributed by atoms with Crippen LogP contribution in [0.2, 0.25) is 0 Å². The molecule has 98 valence electrons. The molecule has 18 heavy (non-hydrogen) atoms. The van der Waals surface area contributed by atoms with Gasteiger partial charge in [0.15, 0.2) is 0 Å². The van der Waals surface area contributed by atoms with E-state index in [1.165, 1.54) is 0 Å². The van der Waals surface area contributed by atoms with Crippen molar-refractivity contribution in [2.45, 2.75) is 26.5 Å². The van der Waals surface area contributed by atoms with Gasteiger partial charge in [-0.25, -0.2) is 10.7 Å². The summed E-state index contributed by atoms with van der Waals surface area (Å²) in [6, 6.07) is 8.01. The minimum absolute atomic E-state index is 0.0656. The molecule has 0 spiro atoms. The van der Waals surface area contributed by atoms with Crippen LogP contribution in [0.3, 0.4) is 0 Å². The van der Waals surface area contributed by atoms with Gasteiger partial charge in [0.1, 0.15) is 0 Å². The van der Waals surface area contributed by atoms with Gasteiger partial charge in [-0.05, 0) is 31.5 Å². The molecular formula is C13H19N3O2. The smallest absolute Gasteiger partial charge is 0.320 e. The van der Waals surface area contributed by atoms with Crippen molar-refractivity contribution in [3.05, 3.63) is 29.8 Å². The Morgan fingerprint density at radius 3 is 2.78 bits per heavy atom. The highest BCUT2D eigenvalue weighted by molar-refractivity contribution is 5.94. The Bertz CT molecular complexity index is 434. The van der Waals surface area contributed by atoms with Gasteiger partial charge in [-0.15, -0.1) is 0 Å².